The molecular formula is C15H16N4O. The van der Waals surface area contributed by atoms with Crippen molar-refractivity contribution < 1.29 is 4.79 Å². The van der Waals surface area contributed by atoms with Gasteiger partial charge in [-0.15, -0.1) is 0 Å². The zero-order valence-electron chi connectivity index (χ0n) is 11.3. The van der Waals surface area contributed by atoms with Gasteiger partial charge in [0.1, 0.15) is 0 Å². The van der Waals surface area contributed by atoms with Gasteiger partial charge in [-0.3, -0.25) is 9.48 Å². The van der Waals surface area contributed by atoms with Crippen molar-refractivity contribution in [1.82, 2.24) is 20.1 Å². The molecule has 3 aromatic rings. The Morgan fingerprint density at radius 1 is 1.35 bits per heavy atom. The number of hydrogen-bond donors (Lipinski definition) is 2. The van der Waals surface area contributed by atoms with Gasteiger partial charge in [0.05, 0.1) is 0 Å². The van der Waals surface area contributed by atoms with E-state index in [4.69, 9.17) is 0 Å². The lowest BCUT2D eigenvalue weighted by Gasteiger charge is -2.06. The number of benzene rings is 1. The molecule has 2 aromatic heterocycles. The van der Waals surface area contributed by atoms with Crippen LogP contribution < -0.4 is 5.32 Å². The van der Waals surface area contributed by atoms with Crippen molar-refractivity contribution in [2.45, 2.75) is 6.42 Å². The first-order valence-corrected chi connectivity index (χ1v) is 6.56. The Labute approximate surface area is 116 Å². The molecular weight excluding hydrogens is 252 g/mol. The lowest BCUT2D eigenvalue weighted by Crippen LogP contribution is -2.26. The molecule has 0 aliphatic heterocycles. The van der Waals surface area contributed by atoms with Crippen molar-refractivity contribution in [2.75, 3.05) is 6.54 Å². The SMILES string of the molecule is Cn1nccc1CCNC(=O)c1ccc2[nH]ccc2c1. The summed E-state index contributed by atoms with van der Waals surface area (Å²) in [6, 6.07) is 9.56. The van der Waals surface area contributed by atoms with E-state index < -0.39 is 0 Å². The van der Waals surface area contributed by atoms with Gasteiger partial charge < -0.3 is 10.3 Å². The van der Waals surface area contributed by atoms with Gasteiger partial charge in [0.15, 0.2) is 0 Å². The van der Waals surface area contributed by atoms with Gasteiger partial charge in [0.2, 0.25) is 0 Å². The first-order chi connectivity index (χ1) is 9.74. The van der Waals surface area contributed by atoms with Gasteiger partial charge in [0, 0.05) is 54.6 Å². The van der Waals surface area contributed by atoms with Gasteiger partial charge in [-0.2, -0.15) is 5.10 Å². The van der Waals surface area contributed by atoms with E-state index in [1.165, 1.54) is 0 Å². The molecule has 0 bridgehead atoms. The fourth-order valence-electron chi connectivity index (χ4n) is 2.25. The smallest absolute Gasteiger partial charge is 0.251 e. The molecule has 5 heteroatoms. The van der Waals surface area contributed by atoms with Gasteiger partial charge in [-0.1, -0.05) is 0 Å². The number of H-pyrrole nitrogens is 1. The van der Waals surface area contributed by atoms with Crippen LogP contribution in [0.15, 0.2) is 42.7 Å². The fraction of sp³-hybridized carbons (Fsp3) is 0.200. The minimum atomic E-state index is -0.0460. The summed E-state index contributed by atoms with van der Waals surface area (Å²) in [5, 5.41) is 8.08. The summed E-state index contributed by atoms with van der Waals surface area (Å²) in [5.74, 6) is -0.0460. The third-order valence-electron chi connectivity index (χ3n) is 3.40. The van der Waals surface area contributed by atoms with E-state index in [-0.39, 0.29) is 5.91 Å². The number of rotatable bonds is 4. The highest BCUT2D eigenvalue weighted by Crippen LogP contribution is 2.14. The van der Waals surface area contributed by atoms with Crippen molar-refractivity contribution in [1.29, 1.82) is 0 Å². The predicted molar refractivity (Wildman–Crippen MR) is 77.5 cm³/mol. The number of amides is 1. The predicted octanol–water partition coefficient (Wildman–Crippen LogP) is 1.87. The Morgan fingerprint density at radius 3 is 3.05 bits per heavy atom. The van der Waals surface area contributed by atoms with Crippen LogP contribution in [0.2, 0.25) is 0 Å². The second-order valence-corrected chi connectivity index (χ2v) is 4.73. The van der Waals surface area contributed by atoms with Crippen LogP contribution >= 0.6 is 0 Å². The van der Waals surface area contributed by atoms with Gasteiger partial charge in [-0.05, 0) is 30.3 Å². The van der Waals surface area contributed by atoms with Crippen LogP contribution in [0.5, 0.6) is 0 Å². The van der Waals surface area contributed by atoms with Crippen LogP contribution in [0, 0.1) is 0 Å². The monoisotopic (exact) mass is 268 g/mol. The molecule has 3 rings (SSSR count). The van der Waals surface area contributed by atoms with Crippen LogP contribution in [0.4, 0.5) is 0 Å². The van der Waals surface area contributed by atoms with E-state index in [9.17, 15) is 4.79 Å². The number of hydrogen-bond acceptors (Lipinski definition) is 2. The maximum atomic E-state index is 12.1. The van der Waals surface area contributed by atoms with E-state index in [1.54, 1.807) is 6.20 Å². The first kappa shape index (κ1) is 12.5. The molecule has 0 atom stereocenters. The Morgan fingerprint density at radius 2 is 2.25 bits per heavy atom. The third-order valence-corrected chi connectivity index (χ3v) is 3.40. The number of aryl methyl sites for hydroxylation is 1. The third kappa shape index (κ3) is 2.42. The largest absolute Gasteiger partial charge is 0.361 e. The number of fused-ring (bicyclic) bond motifs is 1. The average molecular weight is 268 g/mol. The molecule has 0 fully saturated rings. The van der Waals surface area contributed by atoms with Gasteiger partial charge in [0.25, 0.3) is 5.91 Å². The second-order valence-electron chi connectivity index (χ2n) is 4.73. The Bertz CT molecular complexity index is 741. The van der Waals surface area contributed by atoms with Gasteiger partial charge in [-0.25, -0.2) is 0 Å². The number of aromatic amines is 1. The normalized spacial score (nSPS) is 10.8. The number of nitrogens with zero attached hydrogens (tertiary/aromatic N) is 2. The quantitative estimate of drug-likeness (QED) is 0.759. The molecule has 0 saturated carbocycles. The molecule has 1 aromatic carbocycles. The van der Waals surface area contributed by atoms with Crippen LogP contribution in [-0.2, 0) is 13.5 Å². The summed E-state index contributed by atoms with van der Waals surface area (Å²) in [4.78, 5) is 15.2. The van der Waals surface area contributed by atoms with Crippen molar-refractivity contribution >= 4 is 16.8 Å². The van der Waals surface area contributed by atoms with Crippen LogP contribution in [-0.4, -0.2) is 27.2 Å². The molecule has 102 valence electrons. The second kappa shape index (κ2) is 5.21. The highest BCUT2D eigenvalue weighted by molar-refractivity contribution is 5.98. The van der Waals surface area contributed by atoms with E-state index >= 15 is 0 Å². The Balaban J connectivity index is 1.62. The van der Waals surface area contributed by atoms with Crippen LogP contribution in [0.25, 0.3) is 10.9 Å². The molecule has 2 N–H and O–H groups in total. The Kier molecular flexibility index (Phi) is 3.25. The topological polar surface area (TPSA) is 62.7 Å². The molecule has 0 radical (unpaired) electrons. The summed E-state index contributed by atoms with van der Waals surface area (Å²) in [6.45, 7) is 0.601. The molecule has 20 heavy (non-hydrogen) atoms. The average Bonchev–Trinajstić information content (AvgIpc) is 3.07. The highest BCUT2D eigenvalue weighted by atomic mass is 16.1. The van der Waals surface area contributed by atoms with Crippen molar-refractivity contribution in [2.24, 2.45) is 7.05 Å². The highest BCUT2D eigenvalue weighted by Gasteiger charge is 2.07. The van der Waals surface area contributed by atoms with E-state index in [2.05, 4.69) is 15.4 Å². The Hall–Kier alpha value is -2.56. The summed E-state index contributed by atoms with van der Waals surface area (Å²) < 4.78 is 1.82. The van der Waals surface area contributed by atoms with Gasteiger partial charge >= 0.3 is 0 Å². The molecule has 1 amide bonds. The van der Waals surface area contributed by atoms with E-state index in [0.29, 0.717) is 12.1 Å². The molecule has 0 spiro atoms. The standard InChI is InChI=1S/C15H16N4O/c1-19-13(6-9-18-19)5-8-17-15(20)12-2-3-14-11(10-12)4-7-16-14/h2-4,6-7,9-10,16H,5,8H2,1H3,(H,17,20). The number of carbonyl (C=O) groups excluding carboxylic acids is 1. The molecule has 0 unspecified atom stereocenters. The van der Waals surface area contributed by atoms with E-state index in [0.717, 1.165) is 23.0 Å². The lowest BCUT2D eigenvalue weighted by molar-refractivity contribution is 0.0954. The lowest BCUT2D eigenvalue weighted by atomic mass is 10.1. The van der Waals surface area contributed by atoms with Crippen LogP contribution in [0.1, 0.15) is 16.1 Å². The molecule has 0 saturated heterocycles. The van der Waals surface area contributed by atoms with Crippen molar-refractivity contribution in [3.63, 3.8) is 0 Å². The summed E-state index contributed by atoms with van der Waals surface area (Å²) >= 11 is 0. The number of carbonyl (C=O) groups is 1. The van der Waals surface area contributed by atoms with E-state index in [1.807, 2.05) is 48.3 Å². The van der Waals surface area contributed by atoms with Crippen molar-refractivity contribution in [3.05, 3.63) is 54.0 Å². The number of aromatic nitrogens is 3. The fourth-order valence-corrected chi connectivity index (χ4v) is 2.25. The maximum Gasteiger partial charge on any atom is 0.251 e. The maximum absolute atomic E-state index is 12.1. The molecule has 5 nitrogen and oxygen atoms in total. The zero-order chi connectivity index (χ0) is 13.9. The zero-order valence-corrected chi connectivity index (χ0v) is 11.3. The molecule has 2 heterocycles. The van der Waals surface area contributed by atoms with Crippen LogP contribution in [0.3, 0.4) is 0 Å². The summed E-state index contributed by atoms with van der Waals surface area (Å²) in [7, 11) is 1.90. The molecule has 0 aliphatic carbocycles. The minimum absolute atomic E-state index is 0.0460. The summed E-state index contributed by atoms with van der Waals surface area (Å²) in [5.41, 5.74) is 2.82. The minimum Gasteiger partial charge on any atom is -0.361 e. The first-order valence-electron chi connectivity index (χ1n) is 6.56. The number of nitrogens with one attached hydrogen (secondary N) is 2. The van der Waals surface area contributed by atoms with Crippen molar-refractivity contribution in [3.8, 4) is 0 Å². The molecule has 0 aliphatic rings. The summed E-state index contributed by atoms with van der Waals surface area (Å²) in [6.07, 6.45) is 4.40.